The van der Waals surface area contributed by atoms with Crippen LogP contribution in [0.4, 0.5) is 5.69 Å². The minimum Gasteiger partial charge on any atom is -0.382 e. The number of nitrogens with one attached hydrogen (secondary N) is 1. The number of hydrogen-bond acceptors (Lipinski definition) is 4. The number of sulfone groups is 1. The fourth-order valence-electron chi connectivity index (χ4n) is 2.00. The molecule has 100 valence electrons. The van der Waals surface area contributed by atoms with Crippen molar-refractivity contribution in [2.75, 3.05) is 24.3 Å². The van der Waals surface area contributed by atoms with Crippen LogP contribution in [0.25, 0.3) is 0 Å². The van der Waals surface area contributed by atoms with Crippen molar-refractivity contribution in [1.29, 1.82) is 0 Å². The van der Waals surface area contributed by atoms with Gasteiger partial charge in [0.1, 0.15) is 0 Å². The summed E-state index contributed by atoms with van der Waals surface area (Å²) in [6, 6.07) is 7.42. The molecule has 1 N–H and O–H groups in total. The molecule has 1 heterocycles. The summed E-state index contributed by atoms with van der Waals surface area (Å²) >= 11 is 0. The SMILES string of the molecule is CCS(=O)(=O)c1ccc(NC2CCOCC2)cc1. The second-order valence-corrected chi connectivity index (χ2v) is 6.74. The summed E-state index contributed by atoms with van der Waals surface area (Å²) in [5, 5.41) is 3.40. The van der Waals surface area contributed by atoms with Gasteiger partial charge in [0.25, 0.3) is 0 Å². The Bertz CT molecular complexity index is 475. The Balaban J connectivity index is 2.03. The zero-order valence-corrected chi connectivity index (χ0v) is 11.4. The summed E-state index contributed by atoms with van der Waals surface area (Å²) < 4.78 is 28.6. The summed E-state index contributed by atoms with van der Waals surface area (Å²) in [6.07, 6.45) is 1.99. The standard InChI is InChI=1S/C13H19NO3S/c1-2-18(15,16)13-5-3-11(4-6-13)14-12-7-9-17-10-8-12/h3-6,12,14H,2,7-10H2,1H3. The van der Waals surface area contributed by atoms with Crippen molar-refractivity contribution in [3.63, 3.8) is 0 Å². The smallest absolute Gasteiger partial charge is 0.178 e. The molecule has 5 heteroatoms. The summed E-state index contributed by atoms with van der Waals surface area (Å²) in [4.78, 5) is 0.391. The monoisotopic (exact) mass is 269 g/mol. The summed E-state index contributed by atoms with van der Waals surface area (Å²) in [5.41, 5.74) is 0.969. The Morgan fingerprint density at radius 1 is 1.22 bits per heavy atom. The van der Waals surface area contributed by atoms with Gasteiger partial charge < -0.3 is 10.1 Å². The van der Waals surface area contributed by atoms with Crippen molar-refractivity contribution >= 4 is 15.5 Å². The second-order valence-electron chi connectivity index (χ2n) is 4.46. The van der Waals surface area contributed by atoms with Crippen LogP contribution in [0.3, 0.4) is 0 Å². The van der Waals surface area contributed by atoms with Crippen LogP contribution in [-0.2, 0) is 14.6 Å². The molecule has 0 radical (unpaired) electrons. The Hall–Kier alpha value is -1.07. The van der Waals surface area contributed by atoms with Crippen molar-refractivity contribution in [3.05, 3.63) is 24.3 Å². The zero-order valence-electron chi connectivity index (χ0n) is 10.6. The van der Waals surface area contributed by atoms with Gasteiger partial charge in [0.2, 0.25) is 0 Å². The van der Waals surface area contributed by atoms with Gasteiger partial charge in [0, 0.05) is 24.9 Å². The lowest BCUT2D eigenvalue weighted by Crippen LogP contribution is -2.27. The number of anilines is 1. The highest BCUT2D eigenvalue weighted by molar-refractivity contribution is 7.91. The highest BCUT2D eigenvalue weighted by Crippen LogP contribution is 2.18. The number of benzene rings is 1. The van der Waals surface area contributed by atoms with Gasteiger partial charge in [-0.05, 0) is 37.1 Å². The van der Waals surface area contributed by atoms with Gasteiger partial charge in [-0.25, -0.2) is 8.42 Å². The second kappa shape index (κ2) is 5.71. The van der Waals surface area contributed by atoms with Gasteiger partial charge in [-0.15, -0.1) is 0 Å². The van der Waals surface area contributed by atoms with E-state index >= 15 is 0 Å². The maximum absolute atomic E-state index is 11.7. The number of rotatable bonds is 4. The summed E-state index contributed by atoms with van der Waals surface area (Å²) in [6.45, 7) is 3.24. The molecule has 0 spiro atoms. The topological polar surface area (TPSA) is 55.4 Å². The van der Waals surface area contributed by atoms with Crippen LogP contribution in [0.5, 0.6) is 0 Å². The summed E-state index contributed by atoms with van der Waals surface area (Å²) in [5.74, 6) is 0.139. The predicted molar refractivity (Wildman–Crippen MR) is 71.6 cm³/mol. The molecule has 1 aromatic rings. The lowest BCUT2D eigenvalue weighted by Gasteiger charge is -2.24. The van der Waals surface area contributed by atoms with Crippen molar-refractivity contribution in [1.82, 2.24) is 0 Å². The van der Waals surface area contributed by atoms with E-state index in [-0.39, 0.29) is 5.75 Å². The number of ether oxygens (including phenoxy) is 1. The fraction of sp³-hybridized carbons (Fsp3) is 0.538. The van der Waals surface area contributed by atoms with Crippen LogP contribution in [0.1, 0.15) is 19.8 Å². The maximum Gasteiger partial charge on any atom is 0.178 e. The van der Waals surface area contributed by atoms with Gasteiger partial charge >= 0.3 is 0 Å². The molecule has 0 aromatic heterocycles. The van der Waals surface area contributed by atoms with E-state index in [1.54, 1.807) is 19.1 Å². The first-order valence-corrected chi connectivity index (χ1v) is 7.94. The molecule has 0 aliphatic carbocycles. The lowest BCUT2D eigenvalue weighted by atomic mass is 10.1. The average Bonchev–Trinajstić information content (AvgIpc) is 2.40. The van der Waals surface area contributed by atoms with Crippen LogP contribution in [0.2, 0.25) is 0 Å². The highest BCUT2D eigenvalue weighted by Gasteiger charge is 2.14. The van der Waals surface area contributed by atoms with Gasteiger partial charge in [-0.2, -0.15) is 0 Å². The third-order valence-corrected chi connectivity index (χ3v) is 4.94. The molecular weight excluding hydrogens is 250 g/mol. The molecule has 18 heavy (non-hydrogen) atoms. The normalized spacial score (nSPS) is 17.6. The van der Waals surface area contributed by atoms with Crippen LogP contribution in [0, 0.1) is 0 Å². The molecule has 1 aromatic carbocycles. The van der Waals surface area contributed by atoms with E-state index in [1.807, 2.05) is 12.1 Å². The van der Waals surface area contributed by atoms with Gasteiger partial charge in [-0.3, -0.25) is 0 Å². The van der Waals surface area contributed by atoms with Crippen LogP contribution < -0.4 is 5.32 Å². The first-order chi connectivity index (χ1) is 8.62. The minimum absolute atomic E-state index is 0.139. The Morgan fingerprint density at radius 2 is 1.83 bits per heavy atom. The summed E-state index contributed by atoms with van der Waals surface area (Å²) in [7, 11) is -3.10. The van der Waals surface area contributed by atoms with Gasteiger partial charge in [0.15, 0.2) is 9.84 Å². The average molecular weight is 269 g/mol. The van der Waals surface area contributed by atoms with Gasteiger partial charge in [0.05, 0.1) is 10.6 Å². The molecule has 0 amide bonds. The lowest BCUT2D eigenvalue weighted by molar-refractivity contribution is 0.0904. The van der Waals surface area contributed by atoms with Crippen LogP contribution in [0.15, 0.2) is 29.2 Å². The zero-order chi connectivity index (χ0) is 13.0. The number of hydrogen-bond donors (Lipinski definition) is 1. The van der Waals surface area contributed by atoms with E-state index in [9.17, 15) is 8.42 Å². The minimum atomic E-state index is -3.10. The van der Waals surface area contributed by atoms with Crippen LogP contribution >= 0.6 is 0 Å². The third kappa shape index (κ3) is 3.23. The molecular formula is C13H19NO3S. The Kier molecular flexibility index (Phi) is 4.24. The molecule has 2 rings (SSSR count). The van der Waals surface area contributed by atoms with Crippen LogP contribution in [-0.4, -0.2) is 33.4 Å². The molecule has 1 saturated heterocycles. The molecule has 0 saturated carbocycles. The molecule has 4 nitrogen and oxygen atoms in total. The first kappa shape index (κ1) is 13.4. The first-order valence-electron chi connectivity index (χ1n) is 6.29. The van der Waals surface area contributed by atoms with Crippen molar-refractivity contribution in [2.24, 2.45) is 0 Å². The third-order valence-electron chi connectivity index (χ3n) is 3.19. The van der Waals surface area contributed by atoms with E-state index in [0.717, 1.165) is 31.7 Å². The fourth-order valence-corrected chi connectivity index (χ4v) is 2.89. The largest absolute Gasteiger partial charge is 0.382 e. The van der Waals surface area contributed by atoms with Gasteiger partial charge in [-0.1, -0.05) is 6.92 Å². The molecule has 0 atom stereocenters. The van der Waals surface area contributed by atoms with Crippen molar-refractivity contribution < 1.29 is 13.2 Å². The van der Waals surface area contributed by atoms with Crippen molar-refractivity contribution in [2.45, 2.75) is 30.7 Å². The van der Waals surface area contributed by atoms with E-state index in [0.29, 0.717) is 10.9 Å². The maximum atomic E-state index is 11.7. The molecule has 0 bridgehead atoms. The highest BCUT2D eigenvalue weighted by atomic mass is 32.2. The predicted octanol–water partition coefficient (Wildman–Crippen LogP) is 2.07. The van der Waals surface area contributed by atoms with Crippen molar-refractivity contribution in [3.8, 4) is 0 Å². The van der Waals surface area contributed by atoms with E-state index in [4.69, 9.17) is 4.74 Å². The molecule has 1 aliphatic heterocycles. The van der Waals surface area contributed by atoms with E-state index in [1.165, 1.54) is 0 Å². The Morgan fingerprint density at radius 3 is 2.39 bits per heavy atom. The molecule has 0 unspecified atom stereocenters. The van der Waals surface area contributed by atoms with E-state index < -0.39 is 9.84 Å². The Labute approximate surface area is 108 Å². The molecule has 1 fully saturated rings. The van der Waals surface area contributed by atoms with E-state index in [2.05, 4.69) is 5.32 Å². The molecule has 1 aliphatic rings. The quantitative estimate of drug-likeness (QED) is 0.909.